The highest BCUT2D eigenvalue weighted by Gasteiger charge is 2.14. The van der Waals surface area contributed by atoms with Crippen LogP contribution in [-0.4, -0.2) is 13.4 Å². The van der Waals surface area contributed by atoms with Crippen LogP contribution in [0.2, 0.25) is 0 Å². The first-order chi connectivity index (χ1) is 11.0. The Bertz CT molecular complexity index is 905. The third kappa shape index (κ3) is 3.57. The summed E-state index contributed by atoms with van der Waals surface area (Å²) in [5.41, 5.74) is 3.29. The lowest BCUT2D eigenvalue weighted by molar-refractivity contribution is 0.601. The highest BCUT2D eigenvalue weighted by Crippen LogP contribution is 2.23. The van der Waals surface area contributed by atoms with E-state index in [1.165, 1.54) is 6.20 Å². The molecule has 1 N–H and O–H groups in total. The summed E-state index contributed by atoms with van der Waals surface area (Å²) in [5.74, 6) is 0. The van der Waals surface area contributed by atoms with Gasteiger partial charge >= 0.3 is 0 Å². The van der Waals surface area contributed by atoms with Crippen molar-refractivity contribution in [2.75, 3.05) is 4.72 Å². The molecule has 5 heteroatoms. The molecule has 0 saturated heterocycles. The minimum absolute atomic E-state index is 0.230. The van der Waals surface area contributed by atoms with Gasteiger partial charge in [0.2, 0.25) is 0 Å². The Balaban J connectivity index is 1.90. The SMILES string of the molecule is Cc1ccc(S(=O)(=O)Nc2cncc(-c3ccccc3)c2)cc1. The molecule has 0 fully saturated rings. The summed E-state index contributed by atoms with van der Waals surface area (Å²) in [6.07, 6.45) is 3.21. The van der Waals surface area contributed by atoms with Crippen LogP contribution >= 0.6 is 0 Å². The molecule has 0 bridgehead atoms. The van der Waals surface area contributed by atoms with Crippen LogP contribution in [-0.2, 0) is 10.0 Å². The van der Waals surface area contributed by atoms with Gasteiger partial charge in [0.15, 0.2) is 0 Å². The predicted octanol–water partition coefficient (Wildman–Crippen LogP) is 3.86. The van der Waals surface area contributed by atoms with E-state index in [0.717, 1.165) is 16.7 Å². The third-order valence-electron chi connectivity index (χ3n) is 3.43. The summed E-state index contributed by atoms with van der Waals surface area (Å²) < 4.78 is 27.4. The van der Waals surface area contributed by atoms with Gasteiger partial charge in [0.05, 0.1) is 16.8 Å². The zero-order valence-corrected chi connectivity index (χ0v) is 13.4. The molecule has 0 aliphatic rings. The summed E-state index contributed by atoms with van der Waals surface area (Å²) >= 11 is 0. The molecule has 1 aromatic heterocycles. The molecule has 0 radical (unpaired) electrons. The number of benzene rings is 2. The lowest BCUT2D eigenvalue weighted by Crippen LogP contribution is -2.13. The molecule has 3 aromatic rings. The van der Waals surface area contributed by atoms with Gasteiger partial charge in [-0.3, -0.25) is 9.71 Å². The number of rotatable bonds is 4. The maximum Gasteiger partial charge on any atom is 0.261 e. The van der Waals surface area contributed by atoms with Gasteiger partial charge in [-0.2, -0.15) is 0 Å². The van der Waals surface area contributed by atoms with E-state index in [1.54, 1.807) is 36.5 Å². The maximum atomic E-state index is 12.4. The van der Waals surface area contributed by atoms with Gasteiger partial charge < -0.3 is 0 Å². The summed E-state index contributed by atoms with van der Waals surface area (Å²) in [6, 6.07) is 18.2. The van der Waals surface area contributed by atoms with E-state index in [9.17, 15) is 8.42 Å². The Labute approximate surface area is 135 Å². The molecule has 3 rings (SSSR count). The second-order valence-electron chi connectivity index (χ2n) is 5.25. The first-order valence-corrected chi connectivity index (χ1v) is 8.63. The Kier molecular flexibility index (Phi) is 4.12. The molecule has 0 atom stereocenters. The molecule has 1 heterocycles. The fraction of sp³-hybridized carbons (Fsp3) is 0.0556. The van der Waals surface area contributed by atoms with Crippen molar-refractivity contribution < 1.29 is 8.42 Å². The molecule has 0 aliphatic carbocycles. The van der Waals surface area contributed by atoms with Gasteiger partial charge in [0.1, 0.15) is 0 Å². The predicted molar refractivity (Wildman–Crippen MR) is 91.7 cm³/mol. The molecular weight excluding hydrogens is 308 g/mol. The fourth-order valence-electron chi connectivity index (χ4n) is 2.22. The normalized spacial score (nSPS) is 11.2. The highest BCUT2D eigenvalue weighted by atomic mass is 32.2. The molecule has 0 saturated carbocycles. The number of aryl methyl sites for hydroxylation is 1. The first kappa shape index (κ1) is 15.2. The van der Waals surface area contributed by atoms with E-state index >= 15 is 0 Å². The lowest BCUT2D eigenvalue weighted by Gasteiger charge is -2.09. The number of nitrogens with one attached hydrogen (secondary N) is 1. The maximum absolute atomic E-state index is 12.4. The minimum Gasteiger partial charge on any atom is -0.278 e. The quantitative estimate of drug-likeness (QED) is 0.793. The molecule has 0 amide bonds. The molecule has 0 aliphatic heterocycles. The Hall–Kier alpha value is -2.66. The number of anilines is 1. The van der Waals surface area contributed by atoms with Crippen LogP contribution in [0.5, 0.6) is 0 Å². The van der Waals surface area contributed by atoms with E-state index < -0.39 is 10.0 Å². The number of aromatic nitrogens is 1. The number of nitrogens with zero attached hydrogens (tertiary/aromatic N) is 1. The average molecular weight is 324 g/mol. The Morgan fingerprint density at radius 1 is 0.870 bits per heavy atom. The number of sulfonamides is 1. The molecule has 2 aromatic carbocycles. The van der Waals surface area contributed by atoms with Crippen molar-refractivity contribution in [3.05, 3.63) is 78.6 Å². The lowest BCUT2D eigenvalue weighted by atomic mass is 10.1. The highest BCUT2D eigenvalue weighted by molar-refractivity contribution is 7.92. The van der Waals surface area contributed by atoms with Gasteiger partial charge in [-0.15, -0.1) is 0 Å². The van der Waals surface area contributed by atoms with E-state index in [-0.39, 0.29) is 4.90 Å². The fourth-order valence-corrected chi connectivity index (χ4v) is 3.25. The van der Waals surface area contributed by atoms with Crippen LogP contribution in [0, 0.1) is 6.92 Å². The van der Waals surface area contributed by atoms with Crippen LogP contribution in [0.15, 0.2) is 78.0 Å². The zero-order valence-electron chi connectivity index (χ0n) is 12.6. The minimum atomic E-state index is -3.62. The summed E-state index contributed by atoms with van der Waals surface area (Å²) in [5, 5.41) is 0. The van der Waals surface area contributed by atoms with Gasteiger partial charge in [0, 0.05) is 11.8 Å². The van der Waals surface area contributed by atoms with Gasteiger partial charge in [-0.25, -0.2) is 8.42 Å². The van der Waals surface area contributed by atoms with Gasteiger partial charge in [-0.1, -0.05) is 48.0 Å². The first-order valence-electron chi connectivity index (χ1n) is 7.14. The molecule has 4 nitrogen and oxygen atoms in total. The van der Waals surface area contributed by atoms with Crippen molar-refractivity contribution in [1.29, 1.82) is 0 Å². The molecule has 23 heavy (non-hydrogen) atoms. The number of hydrogen-bond donors (Lipinski definition) is 1. The van der Waals surface area contributed by atoms with Crippen molar-refractivity contribution in [3.8, 4) is 11.1 Å². The van der Waals surface area contributed by atoms with Gasteiger partial charge in [0.25, 0.3) is 10.0 Å². The monoisotopic (exact) mass is 324 g/mol. The van der Waals surface area contributed by atoms with E-state index in [4.69, 9.17) is 0 Å². The van der Waals surface area contributed by atoms with Crippen molar-refractivity contribution in [3.63, 3.8) is 0 Å². The number of hydrogen-bond acceptors (Lipinski definition) is 3. The Morgan fingerprint density at radius 2 is 1.57 bits per heavy atom. The van der Waals surface area contributed by atoms with Crippen molar-refractivity contribution in [2.45, 2.75) is 11.8 Å². The van der Waals surface area contributed by atoms with E-state index in [0.29, 0.717) is 5.69 Å². The molecule has 0 spiro atoms. The topological polar surface area (TPSA) is 59.1 Å². The van der Waals surface area contributed by atoms with Crippen LogP contribution in [0.3, 0.4) is 0 Å². The van der Waals surface area contributed by atoms with Crippen LogP contribution in [0.4, 0.5) is 5.69 Å². The van der Waals surface area contributed by atoms with Crippen molar-refractivity contribution in [2.24, 2.45) is 0 Å². The second kappa shape index (κ2) is 6.22. The van der Waals surface area contributed by atoms with E-state index in [2.05, 4.69) is 9.71 Å². The van der Waals surface area contributed by atoms with E-state index in [1.807, 2.05) is 37.3 Å². The number of pyridine rings is 1. The molecular formula is C18H16N2O2S. The largest absolute Gasteiger partial charge is 0.278 e. The second-order valence-corrected chi connectivity index (χ2v) is 6.93. The molecule has 0 unspecified atom stereocenters. The summed E-state index contributed by atoms with van der Waals surface area (Å²) in [7, 11) is -3.62. The average Bonchev–Trinajstić information content (AvgIpc) is 2.56. The zero-order chi connectivity index (χ0) is 16.3. The van der Waals surface area contributed by atoms with Crippen LogP contribution in [0.1, 0.15) is 5.56 Å². The summed E-state index contributed by atoms with van der Waals surface area (Å²) in [6.45, 7) is 1.91. The Morgan fingerprint density at radius 3 is 2.26 bits per heavy atom. The summed E-state index contributed by atoms with van der Waals surface area (Å²) in [4.78, 5) is 4.36. The van der Waals surface area contributed by atoms with Crippen molar-refractivity contribution in [1.82, 2.24) is 4.98 Å². The van der Waals surface area contributed by atoms with Gasteiger partial charge in [-0.05, 0) is 30.7 Å². The standard InChI is InChI=1S/C18H16N2O2S/c1-14-7-9-18(10-8-14)23(21,22)20-17-11-16(12-19-13-17)15-5-3-2-4-6-15/h2-13,20H,1H3. The van der Waals surface area contributed by atoms with Crippen LogP contribution in [0.25, 0.3) is 11.1 Å². The third-order valence-corrected chi connectivity index (χ3v) is 4.83. The van der Waals surface area contributed by atoms with Crippen LogP contribution < -0.4 is 4.72 Å². The van der Waals surface area contributed by atoms with Crippen molar-refractivity contribution >= 4 is 15.7 Å². The molecule has 116 valence electrons. The smallest absolute Gasteiger partial charge is 0.261 e.